The highest BCUT2D eigenvalue weighted by Gasteiger charge is 2.34. The molecule has 0 aromatic heterocycles. The first-order valence-electron chi connectivity index (χ1n) is 6.71. The second kappa shape index (κ2) is 4.84. The molecule has 15 heavy (non-hydrogen) atoms. The van der Waals surface area contributed by atoms with E-state index in [2.05, 4.69) is 31.0 Å². The van der Waals surface area contributed by atoms with Gasteiger partial charge in [-0.2, -0.15) is 0 Å². The summed E-state index contributed by atoms with van der Waals surface area (Å²) >= 11 is 0. The Morgan fingerprint density at radius 2 is 1.87 bits per heavy atom. The van der Waals surface area contributed by atoms with Gasteiger partial charge in [-0.15, -0.1) is 0 Å². The lowest BCUT2D eigenvalue weighted by molar-refractivity contribution is 0.149. The number of nitrogens with one attached hydrogen (secondary N) is 1. The molecular weight excluding hydrogens is 184 g/mol. The molecule has 2 nitrogen and oxygen atoms in total. The maximum atomic E-state index is 3.69. The van der Waals surface area contributed by atoms with Crippen LogP contribution >= 0.6 is 0 Å². The van der Waals surface area contributed by atoms with Crippen molar-refractivity contribution in [2.75, 3.05) is 13.1 Å². The van der Waals surface area contributed by atoms with Crippen LogP contribution in [0.5, 0.6) is 0 Å². The van der Waals surface area contributed by atoms with Crippen LogP contribution in [0, 0.1) is 5.92 Å². The van der Waals surface area contributed by atoms with Gasteiger partial charge in [0.15, 0.2) is 0 Å². The highest BCUT2D eigenvalue weighted by molar-refractivity contribution is 4.91. The molecule has 0 radical (unpaired) electrons. The molecule has 2 fully saturated rings. The summed E-state index contributed by atoms with van der Waals surface area (Å²) in [6.07, 6.45) is 5.67. The van der Waals surface area contributed by atoms with Crippen LogP contribution in [0.15, 0.2) is 0 Å². The van der Waals surface area contributed by atoms with E-state index in [1.165, 1.54) is 38.8 Å². The van der Waals surface area contributed by atoms with Gasteiger partial charge in [0.2, 0.25) is 0 Å². The van der Waals surface area contributed by atoms with Crippen LogP contribution in [0.25, 0.3) is 0 Å². The van der Waals surface area contributed by atoms with Gasteiger partial charge < -0.3 is 5.32 Å². The lowest BCUT2D eigenvalue weighted by Crippen LogP contribution is -2.47. The minimum atomic E-state index is 0.753. The van der Waals surface area contributed by atoms with Gasteiger partial charge in [0.1, 0.15) is 0 Å². The fourth-order valence-corrected chi connectivity index (χ4v) is 2.48. The number of likely N-dealkylation sites (N-methyl/N-ethyl adjacent to an activating group) is 1. The Bertz CT molecular complexity index is 195. The van der Waals surface area contributed by atoms with Crippen molar-refractivity contribution in [1.29, 1.82) is 0 Å². The molecule has 2 heteroatoms. The highest BCUT2D eigenvalue weighted by atomic mass is 15.2. The molecule has 0 amide bonds. The standard InChI is InChI=1S/C13H26N2/c1-4-15(12-7-8-12)13(10(2)3)9-14-11-5-6-11/h10-14H,4-9H2,1-3H3. The normalized spacial score (nSPS) is 23.8. The molecule has 2 aliphatic carbocycles. The fourth-order valence-electron chi connectivity index (χ4n) is 2.48. The zero-order valence-corrected chi connectivity index (χ0v) is 10.5. The molecule has 0 heterocycles. The van der Waals surface area contributed by atoms with Crippen LogP contribution in [0.1, 0.15) is 46.5 Å². The van der Waals surface area contributed by atoms with Gasteiger partial charge in [-0.3, -0.25) is 4.90 Å². The molecule has 1 atom stereocenters. The second-order valence-corrected chi connectivity index (χ2v) is 5.56. The average molecular weight is 210 g/mol. The number of nitrogens with zero attached hydrogens (tertiary/aromatic N) is 1. The van der Waals surface area contributed by atoms with Crippen molar-refractivity contribution in [3.05, 3.63) is 0 Å². The largest absolute Gasteiger partial charge is 0.312 e. The first-order chi connectivity index (χ1) is 7.22. The van der Waals surface area contributed by atoms with Gasteiger partial charge in [-0.05, 0) is 38.1 Å². The smallest absolute Gasteiger partial charge is 0.0246 e. The van der Waals surface area contributed by atoms with Gasteiger partial charge in [0.05, 0.1) is 0 Å². The highest BCUT2D eigenvalue weighted by Crippen LogP contribution is 2.30. The summed E-state index contributed by atoms with van der Waals surface area (Å²) in [7, 11) is 0. The van der Waals surface area contributed by atoms with Gasteiger partial charge in [-0.25, -0.2) is 0 Å². The summed E-state index contributed by atoms with van der Waals surface area (Å²) in [6, 6.07) is 2.51. The van der Waals surface area contributed by atoms with Crippen molar-refractivity contribution >= 4 is 0 Å². The van der Waals surface area contributed by atoms with E-state index in [0.29, 0.717) is 0 Å². The zero-order valence-electron chi connectivity index (χ0n) is 10.5. The summed E-state index contributed by atoms with van der Waals surface area (Å²) < 4.78 is 0. The Labute approximate surface area is 94.4 Å². The van der Waals surface area contributed by atoms with E-state index < -0.39 is 0 Å². The van der Waals surface area contributed by atoms with Crippen molar-refractivity contribution in [2.45, 2.75) is 64.6 Å². The van der Waals surface area contributed by atoms with Crippen molar-refractivity contribution in [1.82, 2.24) is 10.2 Å². The Morgan fingerprint density at radius 1 is 1.20 bits per heavy atom. The molecule has 2 aliphatic rings. The summed E-state index contributed by atoms with van der Waals surface area (Å²) in [6.45, 7) is 9.46. The molecular formula is C13H26N2. The molecule has 0 spiro atoms. The van der Waals surface area contributed by atoms with E-state index in [0.717, 1.165) is 24.0 Å². The van der Waals surface area contributed by atoms with Crippen LogP contribution in [-0.2, 0) is 0 Å². The van der Waals surface area contributed by atoms with E-state index in [4.69, 9.17) is 0 Å². The lowest BCUT2D eigenvalue weighted by atomic mass is 10.0. The summed E-state index contributed by atoms with van der Waals surface area (Å²) in [5.74, 6) is 0.775. The van der Waals surface area contributed by atoms with Gasteiger partial charge >= 0.3 is 0 Å². The number of rotatable bonds is 7. The molecule has 0 aliphatic heterocycles. The van der Waals surface area contributed by atoms with E-state index in [-0.39, 0.29) is 0 Å². The van der Waals surface area contributed by atoms with E-state index in [9.17, 15) is 0 Å². The SMILES string of the molecule is CCN(C1CC1)C(CNC1CC1)C(C)C. The van der Waals surface area contributed by atoms with Crippen LogP contribution in [0.3, 0.4) is 0 Å². The number of hydrogen-bond donors (Lipinski definition) is 1. The molecule has 1 N–H and O–H groups in total. The zero-order chi connectivity index (χ0) is 10.8. The van der Waals surface area contributed by atoms with E-state index in [1.54, 1.807) is 0 Å². The monoisotopic (exact) mass is 210 g/mol. The quantitative estimate of drug-likeness (QED) is 0.693. The second-order valence-electron chi connectivity index (χ2n) is 5.56. The van der Waals surface area contributed by atoms with Gasteiger partial charge in [-0.1, -0.05) is 20.8 Å². The van der Waals surface area contributed by atoms with Crippen LogP contribution < -0.4 is 5.32 Å². The molecule has 2 saturated carbocycles. The number of hydrogen-bond acceptors (Lipinski definition) is 2. The topological polar surface area (TPSA) is 15.3 Å². The Hall–Kier alpha value is -0.0800. The minimum Gasteiger partial charge on any atom is -0.312 e. The molecule has 88 valence electrons. The summed E-state index contributed by atoms with van der Waals surface area (Å²) in [5.41, 5.74) is 0. The lowest BCUT2D eigenvalue weighted by Gasteiger charge is -2.34. The van der Waals surface area contributed by atoms with Crippen molar-refractivity contribution < 1.29 is 0 Å². The Balaban J connectivity index is 1.83. The fraction of sp³-hybridized carbons (Fsp3) is 1.00. The van der Waals surface area contributed by atoms with Gasteiger partial charge in [0.25, 0.3) is 0 Å². The maximum Gasteiger partial charge on any atom is 0.0246 e. The molecule has 0 aromatic rings. The predicted molar refractivity (Wildman–Crippen MR) is 65.1 cm³/mol. The van der Waals surface area contributed by atoms with Crippen molar-refractivity contribution in [3.8, 4) is 0 Å². The molecule has 1 unspecified atom stereocenters. The first kappa shape index (κ1) is 11.4. The molecule has 0 aromatic carbocycles. The minimum absolute atomic E-state index is 0.753. The third kappa shape index (κ3) is 3.18. The predicted octanol–water partition coefficient (Wildman–Crippen LogP) is 2.25. The van der Waals surface area contributed by atoms with Crippen molar-refractivity contribution in [2.24, 2.45) is 5.92 Å². The molecule has 0 bridgehead atoms. The van der Waals surface area contributed by atoms with Gasteiger partial charge in [0, 0.05) is 24.7 Å². The Kier molecular flexibility index (Phi) is 3.68. The van der Waals surface area contributed by atoms with E-state index >= 15 is 0 Å². The maximum absolute atomic E-state index is 3.69. The third-order valence-electron chi connectivity index (χ3n) is 3.77. The molecule has 0 saturated heterocycles. The average Bonchev–Trinajstić information content (AvgIpc) is 3.00. The first-order valence-corrected chi connectivity index (χ1v) is 6.71. The van der Waals surface area contributed by atoms with Crippen LogP contribution in [0.2, 0.25) is 0 Å². The van der Waals surface area contributed by atoms with Crippen LogP contribution in [-0.4, -0.2) is 36.1 Å². The van der Waals surface area contributed by atoms with Crippen molar-refractivity contribution in [3.63, 3.8) is 0 Å². The summed E-state index contributed by atoms with van der Waals surface area (Å²) in [5, 5.41) is 3.69. The van der Waals surface area contributed by atoms with E-state index in [1.807, 2.05) is 0 Å². The third-order valence-corrected chi connectivity index (χ3v) is 3.77. The van der Waals surface area contributed by atoms with Crippen LogP contribution in [0.4, 0.5) is 0 Å². The summed E-state index contributed by atoms with van der Waals surface area (Å²) in [4.78, 5) is 2.72. The molecule has 2 rings (SSSR count). The Morgan fingerprint density at radius 3 is 2.27 bits per heavy atom.